The van der Waals surface area contributed by atoms with E-state index < -0.39 is 0 Å². The summed E-state index contributed by atoms with van der Waals surface area (Å²) in [5.74, 6) is 1.12. The van der Waals surface area contributed by atoms with E-state index in [-0.39, 0.29) is 0 Å². The summed E-state index contributed by atoms with van der Waals surface area (Å²) in [7, 11) is 0. The third kappa shape index (κ3) is 1.94. The Bertz CT molecular complexity index is 345. The summed E-state index contributed by atoms with van der Waals surface area (Å²) in [5, 5.41) is 0. The summed E-state index contributed by atoms with van der Waals surface area (Å²) < 4.78 is 2.24. The Morgan fingerprint density at radius 3 is 2.94 bits per heavy atom. The highest BCUT2D eigenvalue weighted by atomic mass is 15.3. The van der Waals surface area contributed by atoms with Gasteiger partial charge in [-0.1, -0.05) is 6.92 Å². The lowest BCUT2D eigenvalue weighted by molar-refractivity contribution is 0.639. The van der Waals surface area contributed by atoms with Gasteiger partial charge in [0.05, 0.1) is 5.69 Å². The molecule has 1 aliphatic heterocycles. The minimum Gasteiger partial charge on any atom is -0.338 e. The monoisotopic (exact) mass is 222 g/mol. The van der Waals surface area contributed by atoms with Crippen molar-refractivity contribution in [1.82, 2.24) is 9.55 Å². The number of imidazole rings is 1. The van der Waals surface area contributed by atoms with Crippen molar-refractivity contribution in [2.75, 3.05) is 18.0 Å². The first-order chi connectivity index (χ1) is 7.80. The van der Waals surface area contributed by atoms with Gasteiger partial charge in [0.1, 0.15) is 0 Å². The summed E-state index contributed by atoms with van der Waals surface area (Å²) in [6.07, 6.45) is 5.61. The molecule has 16 heavy (non-hydrogen) atoms. The zero-order valence-corrected chi connectivity index (χ0v) is 10.3. The van der Waals surface area contributed by atoms with E-state index in [2.05, 4.69) is 29.5 Å². The molecule has 4 nitrogen and oxygen atoms in total. The standard InChI is InChI=1S/C12H22N4/c1-3-10-9-15(4-2)12(14-10)16-7-5-6-11(16)8-13/h9,11H,3-8,13H2,1-2H3. The van der Waals surface area contributed by atoms with Crippen LogP contribution < -0.4 is 10.6 Å². The van der Waals surface area contributed by atoms with Crippen molar-refractivity contribution >= 4 is 5.95 Å². The molecule has 1 unspecified atom stereocenters. The molecule has 0 amide bonds. The second-order valence-electron chi connectivity index (χ2n) is 4.40. The second-order valence-corrected chi connectivity index (χ2v) is 4.40. The van der Waals surface area contributed by atoms with E-state index in [4.69, 9.17) is 10.7 Å². The van der Waals surface area contributed by atoms with Crippen LogP contribution >= 0.6 is 0 Å². The Morgan fingerprint density at radius 1 is 1.50 bits per heavy atom. The van der Waals surface area contributed by atoms with Crippen LogP contribution in [0.1, 0.15) is 32.4 Å². The highest BCUT2D eigenvalue weighted by molar-refractivity contribution is 5.37. The molecule has 1 aliphatic rings. The zero-order valence-electron chi connectivity index (χ0n) is 10.3. The van der Waals surface area contributed by atoms with Crippen LogP contribution in [0.5, 0.6) is 0 Å². The Balaban J connectivity index is 2.27. The Kier molecular flexibility index (Phi) is 3.49. The average Bonchev–Trinajstić information content (AvgIpc) is 2.93. The van der Waals surface area contributed by atoms with Crippen molar-refractivity contribution < 1.29 is 0 Å². The van der Waals surface area contributed by atoms with Gasteiger partial charge in [-0.05, 0) is 26.2 Å². The van der Waals surface area contributed by atoms with Crippen molar-refractivity contribution in [3.05, 3.63) is 11.9 Å². The van der Waals surface area contributed by atoms with Gasteiger partial charge in [0.15, 0.2) is 0 Å². The second kappa shape index (κ2) is 4.87. The molecule has 1 saturated heterocycles. The molecule has 4 heteroatoms. The van der Waals surface area contributed by atoms with E-state index in [1.54, 1.807) is 0 Å². The molecule has 0 radical (unpaired) electrons. The third-order valence-electron chi connectivity index (χ3n) is 3.41. The van der Waals surface area contributed by atoms with Gasteiger partial charge in [-0.25, -0.2) is 4.98 Å². The van der Waals surface area contributed by atoms with Crippen LogP contribution in [-0.4, -0.2) is 28.7 Å². The van der Waals surface area contributed by atoms with E-state index in [0.717, 1.165) is 32.0 Å². The van der Waals surface area contributed by atoms with Crippen molar-refractivity contribution in [1.29, 1.82) is 0 Å². The lowest BCUT2D eigenvalue weighted by atomic mass is 10.2. The van der Waals surface area contributed by atoms with Crippen molar-refractivity contribution in [3.63, 3.8) is 0 Å². The smallest absolute Gasteiger partial charge is 0.206 e. The van der Waals surface area contributed by atoms with Gasteiger partial charge in [-0.2, -0.15) is 0 Å². The fourth-order valence-corrected chi connectivity index (χ4v) is 2.44. The predicted molar refractivity (Wildman–Crippen MR) is 66.7 cm³/mol. The number of rotatable bonds is 4. The number of aryl methyl sites for hydroxylation is 2. The third-order valence-corrected chi connectivity index (χ3v) is 3.41. The fourth-order valence-electron chi connectivity index (χ4n) is 2.44. The molecule has 90 valence electrons. The molecule has 2 N–H and O–H groups in total. The van der Waals surface area contributed by atoms with Gasteiger partial charge < -0.3 is 15.2 Å². The molecule has 1 fully saturated rings. The maximum absolute atomic E-state index is 5.81. The van der Waals surface area contributed by atoms with Crippen molar-refractivity contribution in [3.8, 4) is 0 Å². The highest BCUT2D eigenvalue weighted by Crippen LogP contribution is 2.24. The summed E-state index contributed by atoms with van der Waals surface area (Å²) in [6, 6.07) is 0.484. The van der Waals surface area contributed by atoms with E-state index in [1.807, 2.05) is 0 Å². The lowest BCUT2D eigenvalue weighted by Gasteiger charge is -2.24. The number of nitrogens with zero attached hydrogens (tertiary/aromatic N) is 3. The molecule has 0 saturated carbocycles. The first kappa shape index (κ1) is 11.5. The molecule has 2 rings (SSSR count). The topological polar surface area (TPSA) is 47.1 Å². The van der Waals surface area contributed by atoms with Gasteiger partial charge in [-0.3, -0.25) is 0 Å². The maximum atomic E-state index is 5.81. The van der Waals surface area contributed by atoms with E-state index in [1.165, 1.54) is 18.5 Å². The molecular weight excluding hydrogens is 200 g/mol. The van der Waals surface area contributed by atoms with Crippen molar-refractivity contribution in [2.45, 2.75) is 45.7 Å². The van der Waals surface area contributed by atoms with Crippen LogP contribution in [0.4, 0.5) is 5.95 Å². The first-order valence-electron chi connectivity index (χ1n) is 6.32. The number of anilines is 1. The molecule has 1 aromatic rings. The minimum atomic E-state index is 0.484. The van der Waals surface area contributed by atoms with E-state index in [0.29, 0.717) is 6.04 Å². The first-order valence-corrected chi connectivity index (χ1v) is 6.32. The Hall–Kier alpha value is -1.03. The Morgan fingerprint density at radius 2 is 2.31 bits per heavy atom. The zero-order chi connectivity index (χ0) is 11.5. The number of nitrogens with two attached hydrogens (primary N) is 1. The molecule has 0 aliphatic carbocycles. The SMILES string of the molecule is CCc1cn(CC)c(N2CCCC2CN)n1. The maximum Gasteiger partial charge on any atom is 0.206 e. The normalized spacial score (nSPS) is 20.7. The number of hydrogen-bond acceptors (Lipinski definition) is 3. The summed E-state index contributed by atoms with van der Waals surface area (Å²) in [4.78, 5) is 7.09. The summed E-state index contributed by atoms with van der Waals surface area (Å²) in [5.41, 5.74) is 6.99. The fraction of sp³-hybridized carbons (Fsp3) is 0.750. The quantitative estimate of drug-likeness (QED) is 0.837. The predicted octanol–water partition coefficient (Wildman–Crippen LogP) is 1.39. The number of hydrogen-bond donors (Lipinski definition) is 1. The van der Waals surface area contributed by atoms with Gasteiger partial charge in [0, 0.05) is 31.9 Å². The Labute approximate surface area is 97.4 Å². The van der Waals surface area contributed by atoms with E-state index >= 15 is 0 Å². The van der Waals surface area contributed by atoms with Gasteiger partial charge in [0.25, 0.3) is 0 Å². The molecule has 1 aromatic heterocycles. The van der Waals surface area contributed by atoms with Crippen LogP contribution in [0.15, 0.2) is 6.20 Å². The number of aromatic nitrogens is 2. The van der Waals surface area contributed by atoms with Crippen LogP contribution in [0.2, 0.25) is 0 Å². The summed E-state index contributed by atoms with van der Waals surface area (Å²) in [6.45, 7) is 7.13. The minimum absolute atomic E-state index is 0.484. The van der Waals surface area contributed by atoms with Gasteiger partial charge in [0.2, 0.25) is 5.95 Å². The molecule has 2 heterocycles. The molecule has 0 spiro atoms. The molecule has 1 atom stereocenters. The van der Waals surface area contributed by atoms with Crippen molar-refractivity contribution in [2.24, 2.45) is 5.73 Å². The molecule has 0 aromatic carbocycles. The van der Waals surface area contributed by atoms with E-state index in [9.17, 15) is 0 Å². The van der Waals surface area contributed by atoms with Crippen LogP contribution in [0, 0.1) is 0 Å². The van der Waals surface area contributed by atoms with Crippen LogP contribution in [0.25, 0.3) is 0 Å². The van der Waals surface area contributed by atoms with Gasteiger partial charge >= 0.3 is 0 Å². The lowest BCUT2D eigenvalue weighted by Crippen LogP contribution is -2.37. The molecule has 0 bridgehead atoms. The van der Waals surface area contributed by atoms with Gasteiger partial charge in [-0.15, -0.1) is 0 Å². The largest absolute Gasteiger partial charge is 0.338 e. The van der Waals surface area contributed by atoms with Crippen LogP contribution in [0.3, 0.4) is 0 Å². The van der Waals surface area contributed by atoms with Crippen LogP contribution in [-0.2, 0) is 13.0 Å². The highest BCUT2D eigenvalue weighted by Gasteiger charge is 2.26. The molecular formula is C12H22N4. The summed E-state index contributed by atoms with van der Waals surface area (Å²) >= 11 is 0. The average molecular weight is 222 g/mol.